The summed E-state index contributed by atoms with van der Waals surface area (Å²) in [5, 5.41) is 36.1. The van der Waals surface area contributed by atoms with Crippen molar-refractivity contribution in [2.45, 2.75) is 49.2 Å². The Balaban J connectivity index is 1.99. The zero-order valence-corrected chi connectivity index (χ0v) is 16.9. The molecule has 0 spiro atoms. The highest BCUT2D eigenvalue weighted by Crippen LogP contribution is 2.58. The number of aliphatic hydroxyl groups is 1. The zero-order chi connectivity index (χ0) is 22.2. The first-order chi connectivity index (χ1) is 14.9. The molecule has 2 saturated carbocycles. The lowest BCUT2D eigenvalue weighted by atomic mass is 9.51. The Morgan fingerprint density at radius 1 is 0.968 bits per heavy atom. The number of nitro groups is 2. The van der Waals surface area contributed by atoms with Gasteiger partial charge in [-0.3, -0.25) is 20.2 Å². The van der Waals surface area contributed by atoms with Crippen LogP contribution in [-0.2, 0) is 4.79 Å². The number of para-hydroxylation sites is 1. The molecule has 2 aliphatic rings. The number of rotatable bonds is 5. The van der Waals surface area contributed by atoms with E-state index < -0.39 is 45.2 Å². The fraction of sp³-hybridized carbons (Fsp3) is 0.435. The number of carbonyl (C=O) groups is 1. The molecule has 4 rings (SSSR count). The van der Waals surface area contributed by atoms with Crippen molar-refractivity contribution in [2.24, 2.45) is 11.8 Å². The molecule has 162 valence electrons. The van der Waals surface area contributed by atoms with Crippen molar-refractivity contribution in [3.8, 4) is 0 Å². The molecule has 31 heavy (non-hydrogen) atoms. The van der Waals surface area contributed by atoms with E-state index in [1.54, 1.807) is 42.5 Å². The van der Waals surface area contributed by atoms with Gasteiger partial charge in [0.2, 0.25) is 6.04 Å². The summed E-state index contributed by atoms with van der Waals surface area (Å²) >= 11 is 0. The highest BCUT2D eigenvalue weighted by Gasteiger charge is 2.64. The zero-order valence-electron chi connectivity index (χ0n) is 16.9. The molecule has 0 aliphatic heterocycles. The number of nitro benzene ring substituents is 1. The second-order valence-electron chi connectivity index (χ2n) is 8.56. The largest absolute Gasteiger partial charge is 0.389 e. The molecule has 2 aromatic rings. The second-order valence-corrected chi connectivity index (χ2v) is 8.56. The minimum Gasteiger partial charge on any atom is -0.389 e. The van der Waals surface area contributed by atoms with E-state index in [9.17, 15) is 30.1 Å². The molecule has 8 heteroatoms. The van der Waals surface area contributed by atoms with Crippen molar-refractivity contribution in [1.82, 2.24) is 0 Å². The average Bonchev–Trinajstić information content (AvgIpc) is 2.77. The molecule has 0 saturated heterocycles. The van der Waals surface area contributed by atoms with Gasteiger partial charge in [-0.2, -0.15) is 0 Å². The van der Waals surface area contributed by atoms with E-state index in [0.29, 0.717) is 31.1 Å². The first-order valence-electron chi connectivity index (χ1n) is 10.5. The normalized spacial score (nSPS) is 32.6. The van der Waals surface area contributed by atoms with E-state index in [4.69, 9.17) is 0 Å². The number of hydrogen-bond donors (Lipinski definition) is 1. The molecule has 2 aromatic carbocycles. The van der Waals surface area contributed by atoms with Crippen LogP contribution in [0.5, 0.6) is 0 Å². The van der Waals surface area contributed by atoms with Gasteiger partial charge in [-0.15, -0.1) is 0 Å². The Kier molecular flexibility index (Phi) is 5.58. The molecular weight excluding hydrogens is 400 g/mol. The lowest BCUT2D eigenvalue weighted by Gasteiger charge is -2.54. The van der Waals surface area contributed by atoms with Gasteiger partial charge in [0.25, 0.3) is 5.69 Å². The Hall–Kier alpha value is -3.13. The summed E-state index contributed by atoms with van der Waals surface area (Å²) in [5.41, 5.74) is -0.808. The van der Waals surface area contributed by atoms with Gasteiger partial charge < -0.3 is 9.90 Å². The highest BCUT2D eigenvalue weighted by molar-refractivity contribution is 5.61. The maximum atomic E-state index is 12.5. The van der Waals surface area contributed by atoms with Crippen molar-refractivity contribution < 1.29 is 19.7 Å². The standard InChI is InChI=1S/C23H24N2O6/c26-14-18-20(15-8-2-1-3-9-15)22(25(30)31)21(17-11-6-7-13-23(17,18)27)16-10-4-5-12-19(16)24(28)29/h1-5,8-10,12,14,17-18,20-22,27H,6-7,11,13H2/t17-,18+,20+,21-,22+,23-/m0/s1. The summed E-state index contributed by atoms with van der Waals surface area (Å²) in [6.07, 6.45) is 2.92. The van der Waals surface area contributed by atoms with Crippen LogP contribution >= 0.6 is 0 Å². The van der Waals surface area contributed by atoms with Crippen LogP contribution in [0.3, 0.4) is 0 Å². The Morgan fingerprint density at radius 2 is 1.65 bits per heavy atom. The number of carbonyl (C=O) groups excluding carboxylic acids is 1. The molecule has 6 atom stereocenters. The fourth-order valence-corrected chi connectivity index (χ4v) is 5.98. The van der Waals surface area contributed by atoms with Crippen LogP contribution in [0, 0.1) is 32.1 Å². The molecule has 0 bridgehead atoms. The third-order valence-corrected chi connectivity index (χ3v) is 7.19. The number of aldehydes is 1. The van der Waals surface area contributed by atoms with Gasteiger partial charge in [-0.05, 0) is 18.4 Å². The van der Waals surface area contributed by atoms with Crippen LogP contribution in [0.2, 0.25) is 0 Å². The van der Waals surface area contributed by atoms with Crippen molar-refractivity contribution >= 4 is 12.0 Å². The molecular formula is C23H24N2O6. The van der Waals surface area contributed by atoms with Gasteiger partial charge in [0.05, 0.1) is 28.3 Å². The van der Waals surface area contributed by atoms with Crippen molar-refractivity contribution in [1.29, 1.82) is 0 Å². The minimum atomic E-state index is -1.46. The van der Waals surface area contributed by atoms with E-state index >= 15 is 0 Å². The average molecular weight is 424 g/mol. The van der Waals surface area contributed by atoms with Crippen molar-refractivity contribution in [2.75, 3.05) is 0 Å². The molecule has 0 amide bonds. The first-order valence-corrected chi connectivity index (χ1v) is 10.5. The molecule has 0 aromatic heterocycles. The Labute approximate surface area is 179 Å². The highest BCUT2D eigenvalue weighted by atomic mass is 16.6. The summed E-state index contributed by atoms with van der Waals surface area (Å²) in [4.78, 5) is 35.6. The number of hydrogen-bond acceptors (Lipinski definition) is 6. The van der Waals surface area contributed by atoms with Crippen LogP contribution in [0.1, 0.15) is 48.6 Å². The van der Waals surface area contributed by atoms with Gasteiger partial charge in [0, 0.05) is 22.5 Å². The molecule has 0 heterocycles. The fourth-order valence-electron chi connectivity index (χ4n) is 5.98. The van der Waals surface area contributed by atoms with Crippen LogP contribution in [0.4, 0.5) is 5.69 Å². The van der Waals surface area contributed by atoms with Crippen molar-refractivity contribution in [3.05, 3.63) is 86.0 Å². The van der Waals surface area contributed by atoms with Gasteiger partial charge >= 0.3 is 0 Å². The van der Waals surface area contributed by atoms with Gasteiger partial charge in [-0.1, -0.05) is 61.4 Å². The SMILES string of the molecule is O=C[C@@H]1[C@@H](c2ccccc2)[C@@H]([N+](=O)[O-])[C@@H](c2ccccc2[N+](=O)[O-])[C@@H]2CCCC[C@@]12O. The van der Waals surface area contributed by atoms with Crippen LogP contribution in [0.15, 0.2) is 54.6 Å². The predicted octanol–water partition coefficient (Wildman–Crippen LogP) is 3.86. The molecule has 8 nitrogen and oxygen atoms in total. The maximum absolute atomic E-state index is 12.5. The lowest BCUT2D eigenvalue weighted by Crippen LogP contribution is -2.61. The third-order valence-electron chi connectivity index (χ3n) is 7.19. The van der Waals surface area contributed by atoms with E-state index in [1.807, 2.05) is 0 Å². The summed E-state index contributed by atoms with van der Waals surface area (Å²) < 4.78 is 0. The summed E-state index contributed by atoms with van der Waals surface area (Å²) in [7, 11) is 0. The van der Waals surface area contributed by atoms with Crippen LogP contribution in [-0.4, -0.2) is 32.9 Å². The predicted molar refractivity (Wildman–Crippen MR) is 112 cm³/mol. The van der Waals surface area contributed by atoms with Gasteiger partial charge in [0.15, 0.2) is 0 Å². The maximum Gasteiger partial charge on any atom is 0.273 e. The first kappa shape index (κ1) is 21.1. The minimum absolute atomic E-state index is 0.191. The molecule has 0 unspecified atom stereocenters. The van der Waals surface area contributed by atoms with Crippen LogP contribution < -0.4 is 0 Å². The lowest BCUT2D eigenvalue weighted by molar-refractivity contribution is -0.541. The monoisotopic (exact) mass is 424 g/mol. The van der Waals surface area contributed by atoms with E-state index in [1.165, 1.54) is 12.1 Å². The summed E-state index contributed by atoms with van der Waals surface area (Å²) in [6, 6.07) is 13.5. The van der Waals surface area contributed by atoms with Gasteiger partial charge in [-0.25, -0.2) is 0 Å². The molecule has 1 N–H and O–H groups in total. The second kappa shape index (κ2) is 8.19. The van der Waals surface area contributed by atoms with Gasteiger partial charge in [0.1, 0.15) is 6.29 Å². The molecule has 0 radical (unpaired) electrons. The number of benzene rings is 2. The third kappa shape index (κ3) is 3.40. The molecule has 2 aliphatic carbocycles. The van der Waals surface area contributed by atoms with E-state index in [-0.39, 0.29) is 11.3 Å². The Bertz CT molecular complexity index is 997. The van der Waals surface area contributed by atoms with E-state index in [2.05, 4.69) is 0 Å². The summed E-state index contributed by atoms with van der Waals surface area (Å²) in [5.74, 6) is -3.36. The molecule has 2 fully saturated rings. The van der Waals surface area contributed by atoms with Crippen molar-refractivity contribution in [3.63, 3.8) is 0 Å². The van der Waals surface area contributed by atoms with Crippen LogP contribution in [0.25, 0.3) is 0 Å². The quantitative estimate of drug-likeness (QED) is 0.442. The number of nitrogens with zero attached hydrogens (tertiary/aromatic N) is 2. The number of fused-ring (bicyclic) bond motifs is 1. The smallest absolute Gasteiger partial charge is 0.273 e. The summed E-state index contributed by atoms with van der Waals surface area (Å²) in [6.45, 7) is 0. The van der Waals surface area contributed by atoms with E-state index in [0.717, 1.165) is 6.42 Å². The Morgan fingerprint density at radius 3 is 2.29 bits per heavy atom. The topological polar surface area (TPSA) is 124 Å².